The molecule has 2 aliphatic rings. The predicted molar refractivity (Wildman–Crippen MR) is 118 cm³/mol. The van der Waals surface area contributed by atoms with E-state index in [2.05, 4.69) is 15.0 Å². The third-order valence-electron chi connectivity index (χ3n) is 6.45. The van der Waals surface area contributed by atoms with Crippen LogP contribution in [0.5, 0.6) is 5.88 Å². The molecule has 158 valence electrons. The third-order valence-corrected chi connectivity index (χ3v) is 6.45. The number of ether oxygens (including phenoxy) is 1. The molecule has 0 N–H and O–H groups in total. The van der Waals surface area contributed by atoms with E-state index in [4.69, 9.17) is 4.74 Å². The van der Waals surface area contributed by atoms with Crippen molar-refractivity contribution in [2.24, 2.45) is 5.92 Å². The average Bonchev–Trinajstić information content (AvgIpc) is 3.36. The summed E-state index contributed by atoms with van der Waals surface area (Å²) in [6.07, 6.45) is 7.16. The highest BCUT2D eigenvalue weighted by Gasteiger charge is 2.49. The van der Waals surface area contributed by atoms with E-state index in [-0.39, 0.29) is 18.1 Å². The smallest absolute Gasteiger partial charge is 0.273 e. The number of piperidine rings is 1. The number of nitrogens with zero attached hydrogens (tertiary/aromatic N) is 4. The maximum Gasteiger partial charge on any atom is 0.273 e. The lowest BCUT2D eigenvalue weighted by atomic mass is 9.99. The lowest BCUT2D eigenvalue weighted by Gasteiger charge is -2.33. The van der Waals surface area contributed by atoms with Gasteiger partial charge in [0, 0.05) is 36.8 Å². The standard InChI is InChI=1S/C25H26N4O2/c1-15-6-7-21(28-13-15)31-20-12-18-11-19(20)29(14-18)25(30)24-22(16(2)8-10-27-24)23-17(3)5-4-9-26-23/h4-10,13,18-20H,11-12,14H2,1-3H3. The molecule has 6 nitrogen and oxygen atoms in total. The fourth-order valence-corrected chi connectivity index (χ4v) is 4.91. The maximum atomic E-state index is 13.7. The molecule has 4 heterocycles. The van der Waals surface area contributed by atoms with Crippen molar-refractivity contribution >= 4 is 5.91 Å². The van der Waals surface area contributed by atoms with Gasteiger partial charge in [0.2, 0.25) is 5.88 Å². The molecule has 2 fully saturated rings. The topological polar surface area (TPSA) is 68.2 Å². The van der Waals surface area contributed by atoms with Crippen LogP contribution in [0.1, 0.15) is 40.0 Å². The van der Waals surface area contributed by atoms with Crippen LogP contribution in [0.4, 0.5) is 0 Å². The summed E-state index contributed by atoms with van der Waals surface area (Å²) < 4.78 is 6.20. The number of fused-ring (bicyclic) bond motifs is 2. The highest BCUT2D eigenvalue weighted by molar-refractivity contribution is 6.00. The number of aryl methyl sites for hydroxylation is 3. The van der Waals surface area contributed by atoms with Gasteiger partial charge in [0.1, 0.15) is 11.8 Å². The number of aromatic nitrogens is 3. The zero-order valence-electron chi connectivity index (χ0n) is 18.1. The average molecular weight is 415 g/mol. The Hall–Kier alpha value is -3.28. The SMILES string of the molecule is Cc1ccc(OC2CC3CC2N(C(=O)c2nccc(C)c2-c2ncccc2C)C3)nc1. The summed E-state index contributed by atoms with van der Waals surface area (Å²) in [4.78, 5) is 29.1. The summed E-state index contributed by atoms with van der Waals surface area (Å²) in [5.41, 5.74) is 5.24. The summed E-state index contributed by atoms with van der Waals surface area (Å²) >= 11 is 0. The van der Waals surface area contributed by atoms with Gasteiger partial charge >= 0.3 is 0 Å². The van der Waals surface area contributed by atoms with Crippen LogP contribution in [0.2, 0.25) is 0 Å². The third kappa shape index (κ3) is 3.56. The van der Waals surface area contributed by atoms with Crippen molar-refractivity contribution in [2.45, 2.75) is 45.8 Å². The molecule has 0 aromatic carbocycles. The van der Waals surface area contributed by atoms with E-state index in [1.807, 2.05) is 62.2 Å². The van der Waals surface area contributed by atoms with Crippen LogP contribution in [-0.4, -0.2) is 44.4 Å². The Morgan fingerprint density at radius 1 is 1.00 bits per heavy atom. The first-order valence-corrected chi connectivity index (χ1v) is 10.8. The molecule has 1 amide bonds. The van der Waals surface area contributed by atoms with Gasteiger partial charge in [-0.15, -0.1) is 0 Å². The largest absolute Gasteiger partial charge is 0.472 e. The van der Waals surface area contributed by atoms with Gasteiger partial charge in [0.15, 0.2) is 0 Å². The molecule has 1 aliphatic heterocycles. The van der Waals surface area contributed by atoms with E-state index in [1.54, 1.807) is 12.4 Å². The Bertz CT molecular complexity index is 1130. The van der Waals surface area contributed by atoms with Crippen molar-refractivity contribution in [1.29, 1.82) is 0 Å². The molecule has 6 heteroatoms. The van der Waals surface area contributed by atoms with Crippen LogP contribution >= 0.6 is 0 Å². The zero-order chi connectivity index (χ0) is 21.5. The zero-order valence-corrected chi connectivity index (χ0v) is 18.1. The first-order valence-electron chi connectivity index (χ1n) is 10.8. The lowest BCUT2D eigenvalue weighted by Crippen LogP contribution is -2.47. The van der Waals surface area contributed by atoms with E-state index < -0.39 is 0 Å². The van der Waals surface area contributed by atoms with Crippen LogP contribution in [0.15, 0.2) is 48.9 Å². The molecule has 1 saturated carbocycles. The number of likely N-dealkylation sites (tertiary alicyclic amines) is 1. The number of hydrogen-bond donors (Lipinski definition) is 0. The maximum absolute atomic E-state index is 13.7. The van der Waals surface area contributed by atoms with Crippen molar-refractivity contribution < 1.29 is 9.53 Å². The summed E-state index contributed by atoms with van der Waals surface area (Å²) in [6, 6.07) is 9.80. The minimum absolute atomic E-state index is 0.0391. The van der Waals surface area contributed by atoms with Crippen molar-refractivity contribution in [3.05, 3.63) is 71.3 Å². The van der Waals surface area contributed by atoms with Crippen molar-refractivity contribution in [3.8, 4) is 17.1 Å². The first kappa shape index (κ1) is 19.7. The van der Waals surface area contributed by atoms with Crippen LogP contribution in [0.25, 0.3) is 11.3 Å². The van der Waals surface area contributed by atoms with Gasteiger partial charge in [-0.25, -0.2) is 4.98 Å². The molecule has 0 radical (unpaired) electrons. The van der Waals surface area contributed by atoms with Gasteiger partial charge in [-0.3, -0.25) is 14.8 Å². The molecule has 3 aromatic rings. The van der Waals surface area contributed by atoms with Gasteiger partial charge in [0.05, 0.1) is 11.7 Å². The molecule has 3 aromatic heterocycles. The number of carbonyl (C=O) groups is 1. The van der Waals surface area contributed by atoms with E-state index in [9.17, 15) is 4.79 Å². The molecule has 1 saturated heterocycles. The molecular weight excluding hydrogens is 388 g/mol. The molecule has 5 rings (SSSR count). The Balaban J connectivity index is 1.44. The van der Waals surface area contributed by atoms with Crippen LogP contribution in [-0.2, 0) is 0 Å². The highest BCUT2D eigenvalue weighted by atomic mass is 16.5. The summed E-state index contributed by atoms with van der Waals surface area (Å²) in [5.74, 6) is 1.03. The van der Waals surface area contributed by atoms with E-state index in [0.29, 0.717) is 17.5 Å². The van der Waals surface area contributed by atoms with Crippen molar-refractivity contribution in [2.75, 3.05) is 6.54 Å². The molecule has 31 heavy (non-hydrogen) atoms. The Kier molecular flexibility index (Phi) is 4.93. The predicted octanol–water partition coefficient (Wildman–Crippen LogP) is 4.15. The number of rotatable bonds is 4. The van der Waals surface area contributed by atoms with Gasteiger partial charge in [-0.2, -0.15) is 0 Å². The monoisotopic (exact) mass is 414 g/mol. The number of carbonyl (C=O) groups excluding carboxylic acids is 1. The van der Waals surface area contributed by atoms with Crippen molar-refractivity contribution in [3.63, 3.8) is 0 Å². The molecule has 1 aliphatic carbocycles. The molecule has 3 unspecified atom stereocenters. The number of pyridine rings is 3. The van der Waals surface area contributed by atoms with Crippen LogP contribution in [0.3, 0.4) is 0 Å². The molecule has 3 atom stereocenters. The fourth-order valence-electron chi connectivity index (χ4n) is 4.91. The van der Waals surface area contributed by atoms with Crippen LogP contribution < -0.4 is 4.74 Å². The minimum atomic E-state index is -0.0404. The van der Waals surface area contributed by atoms with E-state index in [0.717, 1.165) is 47.3 Å². The van der Waals surface area contributed by atoms with E-state index >= 15 is 0 Å². The fraction of sp³-hybridized carbons (Fsp3) is 0.360. The van der Waals surface area contributed by atoms with Gasteiger partial charge in [-0.05, 0) is 68.4 Å². The normalized spacial score (nSPS) is 22.0. The second-order valence-electron chi connectivity index (χ2n) is 8.71. The Morgan fingerprint density at radius 2 is 1.87 bits per heavy atom. The molecular formula is C25H26N4O2. The van der Waals surface area contributed by atoms with Gasteiger partial charge < -0.3 is 9.64 Å². The van der Waals surface area contributed by atoms with E-state index in [1.165, 1.54) is 0 Å². The quantitative estimate of drug-likeness (QED) is 0.642. The summed E-state index contributed by atoms with van der Waals surface area (Å²) in [5, 5.41) is 0. The highest BCUT2D eigenvalue weighted by Crippen LogP contribution is 2.41. The van der Waals surface area contributed by atoms with Crippen LogP contribution in [0, 0.1) is 26.7 Å². The Labute approximate surface area is 182 Å². The first-order chi connectivity index (χ1) is 15.0. The summed E-state index contributed by atoms with van der Waals surface area (Å²) in [7, 11) is 0. The number of hydrogen-bond acceptors (Lipinski definition) is 5. The molecule has 2 bridgehead atoms. The second kappa shape index (κ2) is 7.76. The second-order valence-corrected chi connectivity index (χ2v) is 8.71. The summed E-state index contributed by atoms with van der Waals surface area (Å²) in [6.45, 7) is 6.78. The van der Waals surface area contributed by atoms with Crippen molar-refractivity contribution in [1.82, 2.24) is 19.9 Å². The lowest BCUT2D eigenvalue weighted by molar-refractivity contribution is 0.0462. The van der Waals surface area contributed by atoms with Gasteiger partial charge in [-0.1, -0.05) is 12.1 Å². The Morgan fingerprint density at radius 3 is 2.61 bits per heavy atom. The minimum Gasteiger partial charge on any atom is -0.472 e. The number of amides is 1. The van der Waals surface area contributed by atoms with Gasteiger partial charge in [0.25, 0.3) is 5.91 Å². The molecule has 0 spiro atoms.